The lowest BCUT2D eigenvalue weighted by Gasteiger charge is -2.18. The highest BCUT2D eigenvalue weighted by Crippen LogP contribution is 2.14. The monoisotopic (exact) mass is 290 g/mol. The molecule has 0 fully saturated rings. The lowest BCUT2D eigenvalue weighted by Crippen LogP contribution is -2.44. The van der Waals surface area contributed by atoms with Gasteiger partial charge in [0.1, 0.15) is 11.9 Å². The molecule has 0 spiro atoms. The van der Waals surface area contributed by atoms with Crippen molar-refractivity contribution in [3.05, 3.63) is 29.6 Å². The van der Waals surface area contributed by atoms with Crippen LogP contribution < -0.4 is 5.32 Å². The van der Waals surface area contributed by atoms with Crippen molar-refractivity contribution in [1.82, 2.24) is 20.2 Å². The first-order valence-corrected chi connectivity index (χ1v) is 6.56. The summed E-state index contributed by atoms with van der Waals surface area (Å²) in [5.41, 5.74) is 2.88. The third-order valence-corrected chi connectivity index (χ3v) is 3.13. The van der Waals surface area contributed by atoms with Crippen LogP contribution in [0.1, 0.15) is 18.3 Å². The molecule has 0 aliphatic heterocycles. The average Bonchev–Trinajstić information content (AvgIpc) is 2.79. The van der Waals surface area contributed by atoms with E-state index in [2.05, 4.69) is 15.3 Å². The van der Waals surface area contributed by atoms with Gasteiger partial charge in [0, 0.05) is 7.05 Å². The molecule has 1 aromatic heterocycles. The number of aliphatic carboxylic acids is 1. The summed E-state index contributed by atoms with van der Waals surface area (Å²) in [5.74, 6) is -0.424. The molecule has 0 aliphatic carbocycles. The number of benzene rings is 1. The Labute approximate surface area is 122 Å². The van der Waals surface area contributed by atoms with E-state index in [4.69, 9.17) is 5.11 Å². The van der Waals surface area contributed by atoms with Gasteiger partial charge in [0.15, 0.2) is 0 Å². The van der Waals surface area contributed by atoms with Gasteiger partial charge in [-0.1, -0.05) is 6.07 Å². The molecular weight excluding hydrogens is 272 g/mol. The number of hydrogen-bond donors (Lipinski definition) is 3. The van der Waals surface area contributed by atoms with E-state index in [9.17, 15) is 9.59 Å². The van der Waals surface area contributed by atoms with Crippen LogP contribution in [-0.4, -0.2) is 45.1 Å². The normalized spacial score (nSPS) is 12.1. The average molecular weight is 290 g/mol. The van der Waals surface area contributed by atoms with Crippen molar-refractivity contribution in [3.8, 4) is 0 Å². The van der Waals surface area contributed by atoms with Gasteiger partial charge in [-0.3, -0.25) is 4.79 Å². The number of nitrogens with one attached hydrogen (secondary N) is 2. The number of rotatable bonds is 4. The first-order chi connectivity index (χ1) is 9.86. The van der Waals surface area contributed by atoms with Crippen molar-refractivity contribution in [1.29, 1.82) is 0 Å². The second-order valence-electron chi connectivity index (χ2n) is 5.07. The van der Waals surface area contributed by atoms with E-state index in [-0.39, 0.29) is 6.54 Å². The minimum atomic E-state index is -1.07. The summed E-state index contributed by atoms with van der Waals surface area (Å²) in [5, 5.41) is 11.2. The van der Waals surface area contributed by atoms with Crippen LogP contribution in [0.3, 0.4) is 0 Å². The number of carboxylic acid groups (broad SMARTS) is 1. The molecule has 0 aliphatic rings. The zero-order chi connectivity index (χ0) is 15.6. The zero-order valence-electron chi connectivity index (χ0n) is 12.2. The number of imidazole rings is 1. The number of aromatic amines is 1. The Kier molecular flexibility index (Phi) is 4.11. The second-order valence-corrected chi connectivity index (χ2v) is 5.07. The molecule has 0 bridgehead atoms. The summed E-state index contributed by atoms with van der Waals surface area (Å²) >= 11 is 0. The van der Waals surface area contributed by atoms with Crippen LogP contribution in [-0.2, 0) is 11.3 Å². The van der Waals surface area contributed by atoms with Crippen LogP contribution in [0, 0.1) is 6.92 Å². The van der Waals surface area contributed by atoms with E-state index < -0.39 is 18.0 Å². The number of aryl methyl sites for hydroxylation is 1. The number of carboxylic acids is 1. The topological polar surface area (TPSA) is 98.3 Å². The Morgan fingerprint density at radius 2 is 2.19 bits per heavy atom. The number of nitrogens with zero attached hydrogens (tertiary/aromatic N) is 2. The number of carbonyl (C=O) groups is 2. The van der Waals surface area contributed by atoms with Gasteiger partial charge in [0.25, 0.3) is 0 Å². The summed E-state index contributed by atoms with van der Waals surface area (Å²) in [6.07, 6.45) is 0. The molecule has 0 unspecified atom stereocenters. The molecule has 2 aromatic rings. The van der Waals surface area contributed by atoms with Crippen LogP contribution in [0.5, 0.6) is 0 Å². The molecule has 3 N–H and O–H groups in total. The fourth-order valence-electron chi connectivity index (χ4n) is 1.90. The van der Waals surface area contributed by atoms with E-state index in [1.54, 1.807) is 7.05 Å². The SMILES string of the molecule is Cc1ccc2nc(CN(C)C(=O)N[C@@H](C)C(=O)O)[nH]c2c1. The molecular formula is C14H18N4O3. The predicted molar refractivity (Wildman–Crippen MR) is 77.9 cm³/mol. The maximum atomic E-state index is 11.8. The van der Waals surface area contributed by atoms with Crippen LogP contribution in [0.2, 0.25) is 0 Å². The van der Waals surface area contributed by atoms with Gasteiger partial charge in [-0.05, 0) is 31.5 Å². The molecule has 0 radical (unpaired) electrons. The highest BCUT2D eigenvalue weighted by Gasteiger charge is 2.17. The molecule has 2 rings (SSSR count). The highest BCUT2D eigenvalue weighted by atomic mass is 16.4. The first kappa shape index (κ1) is 14.8. The predicted octanol–water partition coefficient (Wildman–Crippen LogP) is 1.49. The summed E-state index contributed by atoms with van der Waals surface area (Å²) in [6, 6.07) is 4.48. The van der Waals surface area contributed by atoms with Gasteiger partial charge in [0.05, 0.1) is 17.6 Å². The van der Waals surface area contributed by atoms with E-state index in [1.165, 1.54) is 11.8 Å². The number of urea groups is 1. The van der Waals surface area contributed by atoms with E-state index in [1.807, 2.05) is 25.1 Å². The Morgan fingerprint density at radius 3 is 2.86 bits per heavy atom. The largest absolute Gasteiger partial charge is 0.480 e. The lowest BCUT2D eigenvalue weighted by atomic mass is 10.2. The second kappa shape index (κ2) is 5.82. The standard InChI is InChI=1S/C14H18N4O3/c1-8-4-5-10-11(6-8)17-12(16-10)7-18(3)14(21)15-9(2)13(19)20/h4-6,9H,7H2,1-3H3,(H,15,21)(H,16,17)(H,19,20)/t9-/m0/s1. The van der Waals surface area contributed by atoms with E-state index >= 15 is 0 Å². The first-order valence-electron chi connectivity index (χ1n) is 6.56. The van der Waals surface area contributed by atoms with Gasteiger partial charge in [-0.2, -0.15) is 0 Å². The molecule has 2 amide bonds. The molecule has 21 heavy (non-hydrogen) atoms. The van der Waals surface area contributed by atoms with Crippen molar-refractivity contribution in [2.45, 2.75) is 26.4 Å². The number of H-pyrrole nitrogens is 1. The van der Waals surface area contributed by atoms with Crippen LogP contribution >= 0.6 is 0 Å². The van der Waals surface area contributed by atoms with Gasteiger partial charge in [-0.15, -0.1) is 0 Å². The highest BCUT2D eigenvalue weighted by molar-refractivity contribution is 5.82. The number of hydrogen-bond acceptors (Lipinski definition) is 3. The molecule has 0 saturated carbocycles. The van der Waals surface area contributed by atoms with Crippen molar-refractivity contribution in [3.63, 3.8) is 0 Å². The van der Waals surface area contributed by atoms with Crippen molar-refractivity contribution >= 4 is 23.0 Å². The molecule has 7 nitrogen and oxygen atoms in total. The number of carbonyl (C=O) groups excluding carboxylic acids is 1. The van der Waals surface area contributed by atoms with Crippen molar-refractivity contribution in [2.24, 2.45) is 0 Å². The minimum Gasteiger partial charge on any atom is -0.480 e. The van der Waals surface area contributed by atoms with Gasteiger partial charge >= 0.3 is 12.0 Å². The van der Waals surface area contributed by atoms with Crippen LogP contribution in [0.25, 0.3) is 11.0 Å². The van der Waals surface area contributed by atoms with Crippen LogP contribution in [0.4, 0.5) is 4.79 Å². The molecule has 7 heteroatoms. The Bertz CT molecular complexity index is 680. The Hall–Kier alpha value is -2.57. The summed E-state index contributed by atoms with van der Waals surface area (Å²) in [7, 11) is 1.59. The third kappa shape index (κ3) is 3.50. The zero-order valence-corrected chi connectivity index (χ0v) is 12.2. The van der Waals surface area contributed by atoms with Crippen LogP contribution in [0.15, 0.2) is 18.2 Å². The molecule has 1 atom stereocenters. The number of aromatic nitrogens is 2. The summed E-state index contributed by atoms with van der Waals surface area (Å²) in [4.78, 5) is 31.5. The van der Waals surface area contributed by atoms with E-state index in [0.29, 0.717) is 5.82 Å². The third-order valence-electron chi connectivity index (χ3n) is 3.13. The molecule has 0 saturated heterocycles. The smallest absolute Gasteiger partial charge is 0.325 e. The van der Waals surface area contributed by atoms with Gasteiger partial charge < -0.3 is 20.3 Å². The summed E-state index contributed by atoms with van der Waals surface area (Å²) < 4.78 is 0. The maximum Gasteiger partial charge on any atom is 0.325 e. The summed E-state index contributed by atoms with van der Waals surface area (Å²) in [6.45, 7) is 3.68. The fraction of sp³-hybridized carbons (Fsp3) is 0.357. The molecule has 1 heterocycles. The minimum absolute atomic E-state index is 0.270. The van der Waals surface area contributed by atoms with E-state index in [0.717, 1.165) is 16.6 Å². The Balaban J connectivity index is 2.05. The van der Waals surface area contributed by atoms with Gasteiger partial charge in [-0.25, -0.2) is 9.78 Å². The number of amides is 2. The van der Waals surface area contributed by atoms with Crippen molar-refractivity contribution < 1.29 is 14.7 Å². The number of fused-ring (bicyclic) bond motifs is 1. The molecule has 1 aromatic carbocycles. The lowest BCUT2D eigenvalue weighted by molar-refractivity contribution is -0.138. The van der Waals surface area contributed by atoms with Crippen molar-refractivity contribution in [2.75, 3.05) is 7.05 Å². The quantitative estimate of drug-likeness (QED) is 0.794. The maximum absolute atomic E-state index is 11.8. The fourth-order valence-corrected chi connectivity index (χ4v) is 1.90. The molecule has 112 valence electrons. The Morgan fingerprint density at radius 1 is 1.48 bits per heavy atom. The van der Waals surface area contributed by atoms with Gasteiger partial charge in [0.2, 0.25) is 0 Å².